The van der Waals surface area contributed by atoms with E-state index in [1.54, 1.807) is 0 Å². The molecule has 0 bridgehead atoms. The third kappa shape index (κ3) is 1.86. The summed E-state index contributed by atoms with van der Waals surface area (Å²) in [5.41, 5.74) is 8.44. The number of nitrogens with zero attached hydrogens (tertiary/aromatic N) is 1. The highest BCUT2D eigenvalue weighted by Crippen LogP contribution is 2.30. The highest BCUT2D eigenvalue weighted by Gasteiger charge is 2.19. The third-order valence-corrected chi connectivity index (χ3v) is 2.78. The van der Waals surface area contributed by atoms with Crippen LogP contribution < -0.4 is 10.6 Å². The van der Waals surface area contributed by atoms with Crippen LogP contribution in [0.3, 0.4) is 0 Å². The van der Waals surface area contributed by atoms with E-state index in [1.807, 2.05) is 19.1 Å². The number of hydrogen-bond acceptors (Lipinski definition) is 2. The molecule has 1 aromatic rings. The van der Waals surface area contributed by atoms with Gasteiger partial charge in [0.25, 0.3) is 0 Å². The van der Waals surface area contributed by atoms with Crippen LogP contribution in [0.15, 0.2) is 18.2 Å². The maximum Gasteiger partial charge on any atom is 0.0426 e. The summed E-state index contributed by atoms with van der Waals surface area (Å²) in [5.74, 6) is 0. The minimum atomic E-state index is 0.208. The molecule has 1 aliphatic heterocycles. The van der Waals surface area contributed by atoms with E-state index in [4.69, 9.17) is 17.3 Å². The van der Waals surface area contributed by atoms with E-state index in [1.165, 1.54) is 11.3 Å². The van der Waals surface area contributed by atoms with Gasteiger partial charge in [0.2, 0.25) is 0 Å². The van der Waals surface area contributed by atoms with Gasteiger partial charge in [0.1, 0.15) is 0 Å². The molecule has 0 aromatic heterocycles. The Morgan fingerprint density at radius 2 is 2.36 bits per heavy atom. The standard InChI is InChI=1S/C11H15ClN2/c1-8(13)7-14-5-4-9-2-3-10(12)6-11(9)14/h2-3,6,8H,4-5,7,13H2,1H3/t8-/m0/s1. The molecule has 76 valence electrons. The van der Waals surface area contributed by atoms with Gasteiger partial charge in [-0.05, 0) is 31.0 Å². The van der Waals surface area contributed by atoms with Crippen molar-refractivity contribution in [2.24, 2.45) is 5.73 Å². The Morgan fingerprint density at radius 1 is 1.57 bits per heavy atom. The summed E-state index contributed by atoms with van der Waals surface area (Å²) in [4.78, 5) is 2.31. The maximum absolute atomic E-state index is 5.97. The molecule has 0 amide bonds. The van der Waals surface area contributed by atoms with Gasteiger partial charge in [0, 0.05) is 29.8 Å². The van der Waals surface area contributed by atoms with Gasteiger partial charge < -0.3 is 10.6 Å². The Morgan fingerprint density at radius 3 is 3.07 bits per heavy atom. The lowest BCUT2D eigenvalue weighted by Crippen LogP contribution is -2.34. The van der Waals surface area contributed by atoms with Crippen LogP contribution in [0.4, 0.5) is 5.69 Å². The van der Waals surface area contributed by atoms with Crippen molar-refractivity contribution in [2.75, 3.05) is 18.0 Å². The fraction of sp³-hybridized carbons (Fsp3) is 0.455. The Bertz CT molecular complexity index is 336. The van der Waals surface area contributed by atoms with Crippen molar-refractivity contribution in [3.63, 3.8) is 0 Å². The van der Waals surface area contributed by atoms with Crippen LogP contribution in [0.5, 0.6) is 0 Å². The molecule has 0 radical (unpaired) electrons. The molecule has 0 saturated heterocycles. The molecule has 0 unspecified atom stereocenters. The molecule has 0 saturated carbocycles. The molecule has 0 fully saturated rings. The average Bonchev–Trinajstić information content (AvgIpc) is 2.47. The van der Waals surface area contributed by atoms with Crippen molar-refractivity contribution in [3.8, 4) is 0 Å². The predicted octanol–water partition coefficient (Wildman–Crippen LogP) is 2.05. The summed E-state index contributed by atoms with van der Waals surface area (Å²) in [6, 6.07) is 6.31. The number of benzene rings is 1. The van der Waals surface area contributed by atoms with E-state index < -0.39 is 0 Å². The molecule has 1 aromatic carbocycles. The molecule has 1 atom stereocenters. The van der Waals surface area contributed by atoms with Crippen molar-refractivity contribution in [1.29, 1.82) is 0 Å². The quantitative estimate of drug-likeness (QED) is 0.810. The van der Waals surface area contributed by atoms with Crippen LogP contribution in [0.2, 0.25) is 5.02 Å². The zero-order valence-corrected chi connectivity index (χ0v) is 9.09. The minimum Gasteiger partial charge on any atom is -0.369 e. The monoisotopic (exact) mass is 210 g/mol. The molecule has 2 rings (SSSR count). The van der Waals surface area contributed by atoms with Gasteiger partial charge >= 0.3 is 0 Å². The first-order valence-electron chi connectivity index (χ1n) is 4.96. The van der Waals surface area contributed by atoms with Crippen molar-refractivity contribution in [3.05, 3.63) is 28.8 Å². The van der Waals surface area contributed by atoms with Crippen LogP contribution in [0.25, 0.3) is 0 Å². The fourth-order valence-corrected chi connectivity index (χ4v) is 2.12. The molecular weight excluding hydrogens is 196 g/mol. The second-order valence-electron chi connectivity index (χ2n) is 3.95. The van der Waals surface area contributed by atoms with Crippen molar-refractivity contribution in [1.82, 2.24) is 0 Å². The lowest BCUT2D eigenvalue weighted by Gasteiger charge is -2.21. The van der Waals surface area contributed by atoms with Crippen molar-refractivity contribution in [2.45, 2.75) is 19.4 Å². The summed E-state index contributed by atoms with van der Waals surface area (Å²) in [6.07, 6.45) is 1.11. The van der Waals surface area contributed by atoms with E-state index in [9.17, 15) is 0 Å². The highest BCUT2D eigenvalue weighted by atomic mass is 35.5. The van der Waals surface area contributed by atoms with Crippen LogP contribution >= 0.6 is 11.6 Å². The van der Waals surface area contributed by atoms with Gasteiger partial charge in [-0.15, -0.1) is 0 Å². The Hall–Kier alpha value is -0.730. The Balaban J connectivity index is 2.24. The largest absolute Gasteiger partial charge is 0.369 e. The molecule has 3 heteroatoms. The zero-order chi connectivity index (χ0) is 10.1. The van der Waals surface area contributed by atoms with E-state index in [-0.39, 0.29) is 6.04 Å². The minimum absolute atomic E-state index is 0.208. The van der Waals surface area contributed by atoms with Gasteiger partial charge in [-0.1, -0.05) is 17.7 Å². The molecule has 2 N–H and O–H groups in total. The first kappa shape index (κ1) is 9.81. The number of fused-ring (bicyclic) bond motifs is 1. The first-order chi connectivity index (χ1) is 6.66. The molecule has 0 aliphatic carbocycles. The van der Waals surface area contributed by atoms with Gasteiger partial charge in [0.15, 0.2) is 0 Å². The second-order valence-corrected chi connectivity index (χ2v) is 4.38. The summed E-state index contributed by atoms with van der Waals surface area (Å²) < 4.78 is 0. The van der Waals surface area contributed by atoms with Crippen molar-refractivity contribution >= 4 is 17.3 Å². The van der Waals surface area contributed by atoms with E-state index in [2.05, 4.69) is 11.0 Å². The molecule has 0 spiro atoms. The summed E-state index contributed by atoms with van der Waals surface area (Å²) in [7, 11) is 0. The lowest BCUT2D eigenvalue weighted by atomic mass is 10.2. The number of rotatable bonds is 2. The molecule has 1 heterocycles. The van der Waals surface area contributed by atoms with Crippen LogP contribution in [0, 0.1) is 0 Å². The Labute approximate surface area is 89.7 Å². The van der Waals surface area contributed by atoms with Crippen molar-refractivity contribution < 1.29 is 0 Å². The maximum atomic E-state index is 5.97. The SMILES string of the molecule is C[C@H](N)CN1CCc2ccc(Cl)cc21. The zero-order valence-electron chi connectivity index (χ0n) is 8.33. The smallest absolute Gasteiger partial charge is 0.0426 e. The molecule has 2 nitrogen and oxygen atoms in total. The second kappa shape index (κ2) is 3.79. The fourth-order valence-electron chi connectivity index (χ4n) is 1.96. The van der Waals surface area contributed by atoms with Crippen LogP contribution in [-0.4, -0.2) is 19.1 Å². The Kier molecular flexibility index (Phi) is 2.66. The summed E-state index contributed by atoms with van der Waals surface area (Å²) >= 11 is 5.97. The van der Waals surface area contributed by atoms with Gasteiger partial charge in [0.05, 0.1) is 0 Å². The third-order valence-electron chi connectivity index (χ3n) is 2.55. The summed E-state index contributed by atoms with van der Waals surface area (Å²) in [6.45, 7) is 4.01. The van der Waals surface area contributed by atoms with E-state index >= 15 is 0 Å². The normalized spacial score (nSPS) is 16.9. The molecular formula is C11H15ClN2. The average molecular weight is 211 g/mol. The topological polar surface area (TPSA) is 29.3 Å². The van der Waals surface area contributed by atoms with E-state index in [0.717, 1.165) is 24.5 Å². The number of hydrogen-bond donors (Lipinski definition) is 1. The number of anilines is 1. The van der Waals surface area contributed by atoms with Gasteiger partial charge in [-0.2, -0.15) is 0 Å². The highest BCUT2D eigenvalue weighted by molar-refractivity contribution is 6.30. The molecule has 1 aliphatic rings. The van der Waals surface area contributed by atoms with Gasteiger partial charge in [-0.3, -0.25) is 0 Å². The predicted molar refractivity (Wildman–Crippen MR) is 61.0 cm³/mol. The van der Waals surface area contributed by atoms with Crippen LogP contribution in [0.1, 0.15) is 12.5 Å². The number of nitrogens with two attached hydrogens (primary N) is 1. The molecule has 14 heavy (non-hydrogen) atoms. The van der Waals surface area contributed by atoms with E-state index in [0.29, 0.717) is 0 Å². The number of halogens is 1. The lowest BCUT2D eigenvalue weighted by molar-refractivity contribution is 0.693. The van der Waals surface area contributed by atoms with Gasteiger partial charge in [-0.25, -0.2) is 0 Å². The summed E-state index contributed by atoms with van der Waals surface area (Å²) in [5, 5.41) is 0.806. The first-order valence-corrected chi connectivity index (χ1v) is 5.33. The van der Waals surface area contributed by atoms with Crippen LogP contribution in [-0.2, 0) is 6.42 Å².